The van der Waals surface area contributed by atoms with E-state index in [0.717, 1.165) is 25.6 Å². The molecule has 0 bridgehead atoms. The zero-order valence-electron chi connectivity index (χ0n) is 13.4. The Kier molecular flexibility index (Phi) is 5.55. The van der Waals surface area contributed by atoms with Gasteiger partial charge in [0.2, 0.25) is 0 Å². The lowest BCUT2D eigenvalue weighted by atomic mass is 9.98. The van der Waals surface area contributed by atoms with E-state index < -0.39 is 0 Å². The summed E-state index contributed by atoms with van der Waals surface area (Å²) < 4.78 is 0. The fraction of sp³-hybridized carbons (Fsp3) is 0.706. The first-order chi connectivity index (χ1) is 9.60. The van der Waals surface area contributed by atoms with Crippen molar-refractivity contribution >= 4 is 0 Å². The van der Waals surface area contributed by atoms with E-state index in [1.54, 1.807) is 0 Å². The van der Waals surface area contributed by atoms with Crippen LogP contribution in [0.15, 0.2) is 18.5 Å². The summed E-state index contributed by atoms with van der Waals surface area (Å²) >= 11 is 0. The van der Waals surface area contributed by atoms with Gasteiger partial charge in [0, 0.05) is 44.1 Å². The number of nitrogens with zero attached hydrogens (tertiary/aromatic N) is 2. The first kappa shape index (κ1) is 15.5. The van der Waals surface area contributed by atoms with E-state index in [1.165, 1.54) is 24.0 Å². The molecular weight excluding hydrogens is 246 g/mol. The van der Waals surface area contributed by atoms with Crippen molar-refractivity contribution in [3.05, 3.63) is 29.6 Å². The molecule has 0 spiro atoms. The fourth-order valence-electron chi connectivity index (χ4n) is 3.13. The lowest BCUT2D eigenvalue weighted by molar-refractivity contribution is 0.111. The zero-order chi connectivity index (χ0) is 14.5. The Morgan fingerprint density at radius 3 is 2.90 bits per heavy atom. The summed E-state index contributed by atoms with van der Waals surface area (Å²) in [4.78, 5) is 6.93. The van der Waals surface area contributed by atoms with Crippen LogP contribution in [0.1, 0.15) is 44.7 Å². The minimum Gasteiger partial charge on any atom is -0.311 e. The summed E-state index contributed by atoms with van der Waals surface area (Å²) in [6, 6.07) is 3.40. The van der Waals surface area contributed by atoms with Gasteiger partial charge in [-0.2, -0.15) is 0 Å². The van der Waals surface area contributed by atoms with Crippen LogP contribution in [0.3, 0.4) is 0 Å². The Balaban J connectivity index is 2.03. The minimum atomic E-state index is 0.634. The van der Waals surface area contributed by atoms with Gasteiger partial charge < -0.3 is 5.32 Å². The number of aromatic nitrogens is 1. The summed E-state index contributed by atoms with van der Waals surface area (Å²) in [6.07, 6.45) is 6.39. The van der Waals surface area contributed by atoms with E-state index in [0.29, 0.717) is 12.1 Å². The van der Waals surface area contributed by atoms with E-state index in [1.807, 2.05) is 12.4 Å². The van der Waals surface area contributed by atoms with Crippen molar-refractivity contribution in [2.45, 2.75) is 59.2 Å². The van der Waals surface area contributed by atoms with Crippen LogP contribution in [0, 0.1) is 12.8 Å². The van der Waals surface area contributed by atoms with Gasteiger partial charge in [-0.15, -0.1) is 0 Å². The van der Waals surface area contributed by atoms with E-state index in [-0.39, 0.29) is 0 Å². The predicted molar refractivity (Wildman–Crippen MR) is 84.7 cm³/mol. The number of hydrogen-bond donors (Lipinski definition) is 1. The second-order valence-corrected chi connectivity index (χ2v) is 6.53. The number of pyridine rings is 1. The van der Waals surface area contributed by atoms with E-state index in [2.05, 4.69) is 49.0 Å². The first-order valence-electron chi connectivity index (χ1n) is 7.97. The van der Waals surface area contributed by atoms with Crippen LogP contribution in [-0.4, -0.2) is 35.1 Å². The molecule has 20 heavy (non-hydrogen) atoms. The molecule has 1 aliphatic heterocycles. The van der Waals surface area contributed by atoms with Gasteiger partial charge in [-0.25, -0.2) is 0 Å². The van der Waals surface area contributed by atoms with Crippen molar-refractivity contribution in [1.82, 2.24) is 15.2 Å². The quantitative estimate of drug-likeness (QED) is 0.895. The van der Waals surface area contributed by atoms with Crippen molar-refractivity contribution in [3.8, 4) is 0 Å². The highest BCUT2D eigenvalue weighted by Gasteiger charge is 2.27. The highest BCUT2D eigenvalue weighted by molar-refractivity contribution is 5.21. The number of rotatable bonds is 5. The summed E-state index contributed by atoms with van der Waals surface area (Å²) in [5, 5.41) is 3.72. The molecule has 112 valence electrons. The van der Waals surface area contributed by atoms with Gasteiger partial charge in [0.1, 0.15) is 0 Å². The zero-order valence-corrected chi connectivity index (χ0v) is 13.4. The lowest BCUT2D eigenvalue weighted by Gasteiger charge is -2.41. The second-order valence-electron chi connectivity index (χ2n) is 6.53. The standard InChI is InChI=1S/C17H29N3/c1-5-17-10-19-16(8-13(2)3)12-20(17)11-15-9-18-7-6-14(15)4/h6-7,9,13,16-17,19H,5,8,10-12H2,1-4H3. The average molecular weight is 275 g/mol. The Labute approximate surface area is 123 Å². The van der Waals surface area contributed by atoms with E-state index in [4.69, 9.17) is 0 Å². The van der Waals surface area contributed by atoms with Crippen LogP contribution in [0.4, 0.5) is 0 Å². The second kappa shape index (κ2) is 7.19. The summed E-state index contributed by atoms with van der Waals surface area (Å²) in [7, 11) is 0. The molecular formula is C17H29N3. The molecule has 0 radical (unpaired) electrons. The summed E-state index contributed by atoms with van der Waals surface area (Å²) in [5.41, 5.74) is 2.73. The molecule has 0 aliphatic carbocycles. The van der Waals surface area contributed by atoms with Crippen LogP contribution < -0.4 is 5.32 Å². The summed E-state index contributed by atoms with van der Waals surface area (Å²) in [6.45, 7) is 12.4. The van der Waals surface area contributed by atoms with Gasteiger partial charge in [-0.1, -0.05) is 20.8 Å². The van der Waals surface area contributed by atoms with Crippen LogP contribution in [0.25, 0.3) is 0 Å². The monoisotopic (exact) mass is 275 g/mol. The number of piperazine rings is 1. The van der Waals surface area contributed by atoms with Crippen LogP contribution in [0.2, 0.25) is 0 Å². The fourth-order valence-corrected chi connectivity index (χ4v) is 3.13. The van der Waals surface area contributed by atoms with Crippen LogP contribution in [-0.2, 0) is 6.54 Å². The van der Waals surface area contributed by atoms with Crippen LogP contribution in [0.5, 0.6) is 0 Å². The smallest absolute Gasteiger partial charge is 0.0315 e. The molecule has 2 rings (SSSR count). The SMILES string of the molecule is CCC1CNC(CC(C)C)CN1Cc1cnccc1C. The highest BCUT2D eigenvalue weighted by atomic mass is 15.2. The topological polar surface area (TPSA) is 28.2 Å². The molecule has 1 N–H and O–H groups in total. The molecule has 1 saturated heterocycles. The summed E-state index contributed by atoms with van der Waals surface area (Å²) in [5.74, 6) is 0.757. The molecule has 0 saturated carbocycles. The van der Waals surface area contributed by atoms with Crippen molar-refractivity contribution in [3.63, 3.8) is 0 Å². The van der Waals surface area contributed by atoms with Gasteiger partial charge >= 0.3 is 0 Å². The van der Waals surface area contributed by atoms with Gasteiger partial charge in [0.05, 0.1) is 0 Å². The Bertz CT molecular complexity index is 416. The Morgan fingerprint density at radius 2 is 2.25 bits per heavy atom. The maximum absolute atomic E-state index is 4.29. The third kappa shape index (κ3) is 4.03. The van der Waals surface area contributed by atoms with Crippen molar-refractivity contribution < 1.29 is 0 Å². The van der Waals surface area contributed by atoms with Gasteiger partial charge in [-0.3, -0.25) is 9.88 Å². The normalized spacial score (nSPS) is 24.2. The molecule has 2 unspecified atom stereocenters. The molecule has 1 aromatic heterocycles. The molecule has 1 aliphatic rings. The molecule has 3 heteroatoms. The highest BCUT2D eigenvalue weighted by Crippen LogP contribution is 2.19. The third-order valence-corrected chi connectivity index (χ3v) is 4.36. The molecule has 1 aromatic rings. The van der Waals surface area contributed by atoms with Crippen molar-refractivity contribution in [2.75, 3.05) is 13.1 Å². The van der Waals surface area contributed by atoms with Gasteiger partial charge in [0.25, 0.3) is 0 Å². The maximum atomic E-state index is 4.29. The molecule has 3 nitrogen and oxygen atoms in total. The number of hydrogen-bond acceptors (Lipinski definition) is 3. The van der Waals surface area contributed by atoms with Crippen molar-refractivity contribution in [1.29, 1.82) is 0 Å². The van der Waals surface area contributed by atoms with E-state index in [9.17, 15) is 0 Å². The van der Waals surface area contributed by atoms with E-state index >= 15 is 0 Å². The first-order valence-corrected chi connectivity index (χ1v) is 7.97. The Hall–Kier alpha value is -0.930. The molecule has 2 heterocycles. The largest absolute Gasteiger partial charge is 0.311 e. The lowest BCUT2D eigenvalue weighted by Crippen LogP contribution is -2.56. The van der Waals surface area contributed by atoms with Gasteiger partial charge in [-0.05, 0) is 42.9 Å². The Morgan fingerprint density at radius 1 is 1.45 bits per heavy atom. The van der Waals surface area contributed by atoms with Gasteiger partial charge in [0.15, 0.2) is 0 Å². The minimum absolute atomic E-state index is 0.634. The maximum Gasteiger partial charge on any atom is 0.0315 e. The van der Waals surface area contributed by atoms with Crippen LogP contribution >= 0.6 is 0 Å². The molecule has 0 aromatic carbocycles. The predicted octanol–water partition coefficient (Wildman–Crippen LogP) is 2.99. The molecule has 1 fully saturated rings. The molecule has 2 atom stereocenters. The number of aryl methyl sites for hydroxylation is 1. The molecule has 0 amide bonds. The number of nitrogens with one attached hydrogen (secondary N) is 1. The average Bonchev–Trinajstić information content (AvgIpc) is 2.41. The third-order valence-electron chi connectivity index (χ3n) is 4.36. The van der Waals surface area contributed by atoms with Crippen molar-refractivity contribution in [2.24, 2.45) is 5.92 Å².